The summed E-state index contributed by atoms with van der Waals surface area (Å²) in [6.07, 6.45) is 3.07. The number of H-pyrrole nitrogens is 1. The first-order valence-corrected chi connectivity index (χ1v) is 11.5. The van der Waals surface area contributed by atoms with Gasteiger partial charge in [-0.2, -0.15) is 18.3 Å². The van der Waals surface area contributed by atoms with Crippen molar-refractivity contribution in [1.82, 2.24) is 34.3 Å². The molecule has 10 nitrogen and oxygen atoms in total. The van der Waals surface area contributed by atoms with Crippen molar-refractivity contribution in [3.8, 4) is 11.4 Å². The Kier molecular flexibility index (Phi) is 6.38. The lowest BCUT2D eigenvalue weighted by Crippen LogP contribution is -2.27. The van der Waals surface area contributed by atoms with E-state index in [1.807, 2.05) is 0 Å². The number of benzene rings is 1. The van der Waals surface area contributed by atoms with Crippen LogP contribution >= 0.6 is 0 Å². The van der Waals surface area contributed by atoms with E-state index in [1.165, 1.54) is 27.5 Å². The highest BCUT2D eigenvalue weighted by Gasteiger charge is 2.37. The van der Waals surface area contributed by atoms with Gasteiger partial charge >= 0.3 is 6.18 Å². The minimum Gasteiger partial charge on any atom is -0.381 e. The van der Waals surface area contributed by atoms with Crippen LogP contribution < -0.4 is 16.4 Å². The van der Waals surface area contributed by atoms with E-state index in [1.54, 1.807) is 30.5 Å². The molecular formula is C24H20F4N8O2. The summed E-state index contributed by atoms with van der Waals surface area (Å²) in [5.74, 6) is -0.492. The fourth-order valence-corrected chi connectivity index (χ4v) is 4.21. The van der Waals surface area contributed by atoms with E-state index in [9.17, 15) is 27.2 Å². The first-order valence-electron chi connectivity index (χ1n) is 11.5. The summed E-state index contributed by atoms with van der Waals surface area (Å²) in [7, 11) is 0. The fourth-order valence-electron chi connectivity index (χ4n) is 4.21. The number of pyridine rings is 1. The number of halogens is 4. The Bertz CT molecular complexity index is 1730. The van der Waals surface area contributed by atoms with Crippen LogP contribution in [0.5, 0.6) is 0 Å². The van der Waals surface area contributed by atoms with Crippen LogP contribution in [0.4, 0.5) is 23.2 Å². The van der Waals surface area contributed by atoms with Crippen molar-refractivity contribution in [1.29, 1.82) is 0 Å². The van der Waals surface area contributed by atoms with Crippen molar-refractivity contribution in [2.75, 3.05) is 5.32 Å². The van der Waals surface area contributed by atoms with E-state index >= 15 is 0 Å². The largest absolute Gasteiger partial charge is 0.423 e. The second-order valence-electron chi connectivity index (χ2n) is 8.72. The lowest BCUT2D eigenvalue weighted by molar-refractivity contribution is -0.138. The van der Waals surface area contributed by atoms with Crippen LogP contribution in [0.25, 0.3) is 27.8 Å². The summed E-state index contributed by atoms with van der Waals surface area (Å²) in [6, 6.07) is 3.88. The molecule has 4 heterocycles. The number of anilines is 1. The molecule has 2 N–H and O–H groups in total. The summed E-state index contributed by atoms with van der Waals surface area (Å²) in [4.78, 5) is 32.9. The molecule has 0 aliphatic rings. The maximum atomic E-state index is 15.0. The number of hydrogen-bond acceptors (Lipinski definition) is 7. The second-order valence-corrected chi connectivity index (χ2v) is 8.72. The number of aromatic nitrogens is 7. The molecule has 0 aliphatic heterocycles. The SMILES string of the molecule is C[C@@H](CCCn1ccc2cc(-c3nc4cnccn4n3)c(F)cc2c1=O)Nc1cn[nH]c(=O)c1C(F)(F)F. The molecule has 0 radical (unpaired) electrons. The number of alkyl halides is 3. The van der Waals surface area contributed by atoms with Crippen LogP contribution in [0.1, 0.15) is 25.3 Å². The normalized spacial score (nSPS) is 12.8. The zero-order valence-corrected chi connectivity index (χ0v) is 19.8. The van der Waals surface area contributed by atoms with Crippen molar-refractivity contribution < 1.29 is 17.6 Å². The molecule has 0 saturated carbocycles. The molecule has 0 amide bonds. The van der Waals surface area contributed by atoms with Crippen molar-refractivity contribution in [2.45, 2.75) is 38.5 Å². The topological polar surface area (TPSA) is 123 Å². The molecule has 0 aliphatic carbocycles. The van der Waals surface area contributed by atoms with Gasteiger partial charge in [0.2, 0.25) is 0 Å². The average molecular weight is 528 g/mol. The number of fused-ring (bicyclic) bond motifs is 2. The molecule has 14 heteroatoms. The zero-order valence-electron chi connectivity index (χ0n) is 19.8. The highest BCUT2D eigenvalue weighted by atomic mass is 19.4. The minimum absolute atomic E-state index is 0.144. The lowest BCUT2D eigenvalue weighted by Gasteiger charge is -2.18. The Morgan fingerprint density at radius 1 is 1.16 bits per heavy atom. The van der Waals surface area contributed by atoms with Gasteiger partial charge in [-0.15, -0.1) is 5.10 Å². The molecule has 5 rings (SSSR count). The Morgan fingerprint density at radius 2 is 1.97 bits per heavy atom. The maximum Gasteiger partial charge on any atom is 0.423 e. The van der Waals surface area contributed by atoms with Crippen LogP contribution in [0, 0.1) is 5.82 Å². The average Bonchev–Trinajstić information content (AvgIpc) is 3.29. The van der Waals surface area contributed by atoms with E-state index in [2.05, 4.69) is 25.5 Å². The van der Waals surface area contributed by atoms with Crippen LogP contribution in [-0.2, 0) is 12.7 Å². The van der Waals surface area contributed by atoms with Gasteiger partial charge in [0.1, 0.15) is 11.4 Å². The van der Waals surface area contributed by atoms with Crippen LogP contribution in [0.15, 0.2) is 58.8 Å². The number of hydrogen-bond donors (Lipinski definition) is 2. The zero-order chi connectivity index (χ0) is 27.0. The predicted octanol–water partition coefficient (Wildman–Crippen LogP) is 3.63. The number of nitrogens with zero attached hydrogens (tertiary/aromatic N) is 6. The molecule has 4 aromatic heterocycles. The smallest absolute Gasteiger partial charge is 0.381 e. The molecule has 0 saturated heterocycles. The molecule has 1 aromatic carbocycles. The second kappa shape index (κ2) is 9.68. The van der Waals surface area contributed by atoms with E-state index in [0.717, 1.165) is 12.3 Å². The first-order chi connectivity index (χ1) is 18.1. The highest BCUT2D eigenvalue weighted by molar-refractivity contribution is 5.86. The van der Waals surface area contributed by atoms with Crippen molar-refractivity contribution in [3.05, 3.63) is 81.3 Å². The van der Waals surface area contributed by atoms with Gasteiger partial charge in [-0.25, -0.2) is 19.0 Å². The Balaban J connectivity index is 1.31. The summed E-state index contributed by atoms with van der Waals surface area (Å²) < 4.78 is 57.6. The number of aryl methyl sites for hydroxylation is 1. The number of rotatable bonds is 7. The Labute approximate surface area is 211 Å². The molecule has 0 fully saturated rings. The number of aromatic amines is 1. The summed E-state index contributed by atoms with van der Waals surface area (Å²) >= 11 is 0. The molecule has 0 spiro atoms. The maximum absolute atomic E-state index is 15.0. The van der Waals surface area contributed by atoms with Gasteiger partial charge in [-0.1, -0.05) is 0 Å². The van der Waals surface area contributed by atoms with Gasteiger partial charge in [0.05, 0.1) is 29.0 Å². The van der Waals surface area contributed by atoms with Gasteiger partial charge in [0, 0.05) is 31.2 Å². The predicted molar refractivity (Wildman–Crippen MR) is 130 cm³/mol. The van der Waals surface area contributed by atoms with Gasteiger partial charge < -0.3 is 9.88 Å². The van der Waals surface area contributed by atoms with E-state index in [4.69, 9.17) is 0 Å². The van der Waals surface area contributed by atoms with Gasteiger partial charge in [-0.3, -0.25) is 14.6 Å². The molecule has 0 unspecified atom stereocenters. The van der Waals surface area contributed by atoms with Gasteiger partial charge in [0.15, 0.2) is 11.5 Å². The van der Waals surface area contributed by atoms with Crippen molar-refractivity contribution in [3.63, 3.8) is 0 Å². The third kappa shape index (κ3) is 4.84. The minimum atomic E-state index is -4.84. The molecular weight excluding hydrogens is 508 g/mol. The first kappa shape index (κ1) is 25.0. The highest BCUT2D eigenvalue weighted by Crippen LogP contribution is 2.32. The van der Waals surface area contributed by atoms with Crippen molar-refractivity contribution in [2.24, 2.45) is 0 Å². The number of nitrogens with one attached hydrogen (secondary N) is 2. The monoisotopic (exact) mass is 528 g/mol. The third-order valence-corrected chi connectivity index (χ3v) is 6.02. The van der Waals surface area contributed by atoms with Crippen LogP contribution in [0.2, 0.25) is 0 Å². The molecule has 196 valence electrons. The van der Waals surface area contributed by atoms with Gasteiger partial charge in [0.25, 0.3) is 11.1 Å². The standard InChI is InChI=1S/C24H20F4N8O2/c1-13(31-18-11-30-33-22(37)20(18)24(26,27)28)3-2-6-35-7-4-14-9-16(17(25)10-15(14)23(35)38)21-32-19-12-29-5-8-36(19)34-21/h4-5,7-13H,2-3,6H2,1H3,(H2,31,33,37)/t13-/m0/s1. The van der Waals surface area contributed by atoms with E-state index in [0.29, 0.717) is 23.9 Å². The molecule has 1 atom stereocenters. The Hall–Kier alpha value is -4.62. The third-order valence-electron chi connectivity index (χ3n) is 6.02. The quantitative estimate of drug-likeness (QED) is 0.309. The molecule has 38 heavy (non-hydrogen) atoms. The molecule has 0 bridgehead atoms. The lowest BCUT2D eigenvalue weighted by atomic mass is 10.1. The van der Waals surface area contributed by atoms with Crippen LogP contribution in [0.3, 0.4) is 0 Å². The Morgan fingerprint density at radius 3 is 2.74 bits per heavy atom. The summed E-state index contributed by atoms with van der Waals surface area (Å²) in [6.45, 7) is 1.91. The summed E-state index contributed by atoms with van der Waals surface area (Å²) in [5, 5.41) is 12.8. The van der Waals surface area contributed by atoms with E-state index < -0.39 is 40.4 Å². The fraction of sp³-hybridized carbons (Fsp3) is 0.250. The van der Waals surface area contributed by atoms with Crippen molar-refractivity contribution >= 4 is 22.1 Å². The molecule has 5 aromatic rings. The van der Waals surface area contributed by atoms with E-state index in [-0.39, 0.29) is 23.3 Å². The summed E-state index contributed by atoms with van der Waals surface area (Å²) in [5.41, 5.74) is -2.90. The van der Waals surface area contributed by atoms with Gasteiger partial charge in [-0.05, 0) is 43.4 Å². The van der Waals surface area contributed by atoms with Crippen LogP contribution in [-0.4, -0.2) is 40.4 Å².